The summed E-state index contributed by atoms with van der Waals surface area (Å²) in [5, 5.41) is 12.1. The second kappa shape index (κ2) is 6.23. The lowest BCUT2D eigenvalue weighted by atomic mass is 10.0. The zero-order valence-corrected chi connectivity index (χ0v) is 11.5. The summed E-state index contributed by atoms with van der Waals surface area (Å²) < 4.78 is 11.2. The van der Waals surface area contributed by atoms with Crippen LogP contribution >= 0.6 is 0 Å². The molecule has 1 aliphatic heterocycles. The summed E-state index contributed by atoms with van der Waals surface area (Å²) in [6, 6.07) is 3.98. The van der Waals surface area contributed by atoms with E-state index >= 15 is 0 Å². The predicted octanol–water partition coefficient (Wildman–Crippen LogP) is 0.600. The second-order valence-electron chi connectivity index (χ2n) is 4.80. The topological polar surface area (TPSA) is 76.7 Å². The molecule has 19 heavy (non-hydrogen) atoms. The summed E-state index contributed by atoms with van der Waals surface area (Å²) in [6.07, 6.45) is 1.11. The lowest BCUT2D eigenvalue weighted by molar-refractivity contribution is 0.254. The van der Waals surface area contributed by atoms with Gasteiger partial charge in [-0.05, 0) is 19.1 Å². The van der Waals surface area contributed by atoms with Crippen LogP contribution in [-0.4, -0.2) is 38.0 Å². The van der Waals surface area contributed by atoms with Crippen molar-refractivity contribution in [3.63, 3.8) is 0 Å². The van der Waals surface area contributed by atoms with Crippen molar-refractivity contribution >= 4 is 0 Å². The average Bonchev–Trinajstić information content (AvgIpc) is 2.77. The molecule has 4 N–H and O–H groups in total. The van der Waals surface area contributed by atoms with E-state index in [-0.39, 0.29) is 18.8 Å². The number of methoxy groups -OCH3 is 1. The van der Waals surface area contributed by atoms with Gasteiger partial charge in [-0.2, -0.15) is 0 Å². The van der Waals surface area contributed by atoms with E-state index in [9.17, 15) is 0 Å². The van der Waals surface area contributed by atoms with Crippen LogP contribution in [0.1, 0.15) is 24.1 Å². The molecular formula is C14H22N2O3. The maximum atomic E-state index is 8.91. The fourth-order valence-electron chi connectivity index (χ4n) is 2.46. The van der Waals surface area contributed by atoms with E-state index in [0.29, 0.717) is 13.1 Å². The maximum absolute atomic E-state index is 8.91. The third-order valence-electron chi connectivity index (χ3n) is 3.36. The summed E-state index contributed by atoms with van der Waals surface area (Å²) in [5.74, 6) is 1.73. The van der Waals surface area contributed by atoms with Gasteiger partial charge in [0.05, 0.1) is 13.7 Å². The molecule has 106 valence electrons. The van der Waals surface area contributed by atoms with E-state index in [1.807, 2.05) is 12.1 Å². The van der Waals surface area contributed by atoms with Crippen LogP contribution in [-0.2, 0) is 6.42 Å². The highest BCUT2D eigenvalue weighted by Crippen LogP contribution is 2.37. The number of hydrogen-bond acceptors (Lipinski definition) is 5. The summed E-state index contributed by atoms with van der Waals surface area (Å²) in [6.45, 7) is 3.07. The van der Waals surface area contributed by atoms with Crippen LogP contribution in [0.5, 0.6) is 11.5 Å². The van der Waals surface area contributed by atoms with E-state index in [4.69, 9.17) is 20.3 Å². The molecule has 2 rings (SSSR count). The summed E-state index contributed by atoms with van der Waals surface area (Å²) in [7, 11) is 1.66. The molecule has 0 saturated carbocycles. The standard InChI is InChI=1S/C14H22N2O3/c1-9-5-10-6-14(18-2)11(7-13(10)19-9)12(8-15)16-3-4-17/h6-7,9,12,16-17H,3-5,8,15H2,1-2H3. The second-order valence-corrected chi connectivity index (χ2v) is 4.80. The molecule has 5 heteroatoms. The Hall–Kier alpha value is -1.30. The van der Waals surface area contributed by atoms with Crippen LogP contribution < -0.4 is 20.5 Å². The van der Waals surface area contributed by atoms with Crippen molar-refractivity contribution in [1.82, 2.24) is 5.32 Å². The number of nitrogens with two attached hydrogens (primary N) is 1. The Morgan fingerprint density at radius 3 is 3.00 bits per heavy atom. The van der Waals surface area contributed by atoms with Gasteiger partial charge < -0.3 is 25.6 Å². The lowest BCUT2D eigenvalue weighted by Crippen LogP contribution is -2.30. The first-order valence-corrected chi connectivity index (χ1v) is 6.61. The van der Waals surface area contributed by atoms with Gasteiger partial charge in [0.2, 0.25) is 0 Å². The number of benzene rings is 1. The molecule has 5 nitrogen and oxygen atoms in total. The molecule has 0 aliphatic carbocycles. The molecule has 1 aliphatic rings. The van der Waals surface area contributed by atoms with Crippen molar-refractivity contribution in [2.75, 3.05) is 26.8 Å². The molecule has 0 radical (unpaired) electrons. The van der Waals surface area contributed by atoms with Crippen LogP contribution in [0.3, 0.4) is 0 Å². The third-order valence-corrected chi connectivity index (χ3v) is 3.36. The molecule has 0 amide bonds. The Morgan fingerprint density at radius 1 is 1.58 bits per heavy atom. The van der Waals surface area contributed by atoms with E-state index in [1.165, 1.54) is 5.56 Å². The van der Waals surface area contributed by atoms with Crippen molar-refractivity contribution < 1.29 is 14.6 Å². The molecule has 2 atom stereocenters. The van der Waals surface area contributed by atoms with E-state index in [2.05, 4.69) is 12.2 Å². The van der Waals surface area contributed by atoms with Crippen LogP contribution in [0.4, 0.5) is 0 Å². The smallest absolute Gasteiger partial charge is 0.124 e. The minimum absolute atomic E-state index is 0.0492. The highest BCUT2D eigenvalue weighted by Gasteiger charge is 2.24. The number of aliphatic hydroxyl groups excluding tert-OH is 1. The molecular weight excluding hydrogens is 244 g/mol. The van der Waals surface area contributed by atoms with Crippen molar-refractivity contribution in [3.05, 3.63) is 23.3 Å². The lowest BCUT2D eigenvalue weighted by Gasteiger charge is -2.20. The highest BCUT2D eigenvalue weighted by molar-refractivity contribution is 5.50. The first kappa shape index (κ1) is 14.1. The van der Waals surface area contributed by atoms with Crippen molar-refractivity contribution in [3.8, 4) is 11.5 Å². The zero-order valence-electron chi connectivity index (χ0n) is 11.5. The third kappa shape index (κ3) is 3.00. The van der Waals surface area contributed by atoms with E-state index in [0.717, 1.165) is 23.5 Å². The average molecular weight is 266 g/mol. The van der Waals surface area contributed by atoms with Gasteiger partial charge in [0.15, 0.2) is 0 Å². The molecule has 0 aromatic heterocycles. The van der Waals surface area contributed by atoms with Gasteiger partial charge in [-0.25, -0.2) is 0 Å². The SMILES string of the molecule is COc1cc2c(cc1C(CN)NCCO)OC(C)C2. The van der Waals surface area contributed by atoms with Gasteiger partial charge in [-0.3, -0.25) is 0 Å². The van der Waals surface area contributed by atoms with Crippen LogP contribution in [0.25, 0.3) is 0 Å². The Morgan fingerprint density at radius 2 is 2.37 bits per heavy atom. The molecule has 0 bridgehead atoms. The van der Waals surface area contributed by atoms with Gasteiger partial charge in [-0.15, -0.1) is 0 Å². The first-order chi connectivity index (χ1) is 9.19. The first-order valence-electron chi connectivity index (χ1n) is 6.61. The number of aliphatic hydroxyl groups is 1. The summed E-state index contributed by atoms with van der Waals surface area (Å²) in [5.41, 5.74) is 7.95. The quantitative estimate of drug-likeness (QED) is 0.703. The van der Waals surface area contributed by atoms with E-state index < -0.39 is 0 Å². The van der Waals surface area contributed by atoms with Gasteiger partial charge in [0, 0.05) is 36.7 Å². The number of hydrogen-bond donors (Lipinski definition) is 3. The minimum atomic E-state index is -0.0492. The molecule has 1 aromatic rings. The summed E-state index contributed by atoms with van der Waals surface area (Å²) in [4.78, 5) is 0. The molecule has 1 aromatic carbocycles. The van der Waals surface area contributed by atoms with Crippen molar-refractivity contribution in [1.29, 1.82) is 0 Å². The largest absolute Gasteiger partial charge is 0.496 e. The van der Waals surface area contributed by atoms with Crippen molar-refractivity contribution in [2.24, 2.45) is 5.73 Å². The van der Waals surface area contributed by atoms with E-state index in [1.54, 1.807) is 7.11 Å². The molecule has 0 spiro atoms. The highest BCUT2D eigenvalue weighted by atomic mass is 16.5. The fraction of sp³-hybridized carbons (Fsp3) is 0.571. The Kier molecular flexibility index (Phi) is 4.63. The molecule has 0 fully saturated rings. The van der Waals surface area contributed by atoms with Crippen LogP contribution in [0.15, 0.2) is 12.1 Å². The molecule has 2 unspecified atom stereocenters. The zero-order chi connectivity index (χ0) is 13.8. The Bertz CT molecular complexity index is 437. The van der Waals surface area contributed by atoms with Crippen molar-refractivity contribution in [2.45, 2.75) is 25.5 Å². The predicted molar refractivity (Wildman–Crippen MR) is 73.7 cm³/mol. The molecule has 1 heterocycles. The number of rotatable bonds is 6. The minimum Gasteiger partial charge on any atom is -0.496 e. The van der Waals surface area contributed by atoms with Crippen LogP contribution in [0.2, 0.25) is 0 Å². The normalized spacial score (nSPS) is 18.8. The van der Waals surface area contributed by atoms with Gasteiger partial charge in [-0.1, -0.05) is 0 Å². The Labute approximate surface area is 113 Å². The maximum Gasteiger partial charge on any atom is 0.124 e. The number of nitrogens with one attached hydrogen (secondary N) is 1. The van der Waals surface area contributed by atoms with Gasteiger partial charge in [0.25, 0.3) is 0 Å². The number of ether oxygens (including phenoxy) is 2. The number of fused-ring (bicyclic) bond motifs is 1. The Balaban J connectivity index is 2.30. The fourth-order valence-corrected chi connectivity index (χ4v) is 2.46. The summed E-state index contributed by atoms with van der Waals surface area (Å²) >= 11 is 0. The molecule has 0 saturated heterocycles. The van der Waals surface area contributed by atoms with Gasteiger partial charge in [0.1, 0.15) is 17.6 Å². The monoisotopic (exact) mass is 266 g/mol. The van der Waals surface area contributed by atoms with Gasteiger partial charge >= 0.3 is 0 Å². The van der Waals surface area contributed by atoms with Crippen LogP contribution in [0, 0.1) is 0 Å².